The van der Waals surface area contributed by atoms with Crippen molar-refractivity contribution in [2.24, 2.45) is 0 Å². The molecule has 0 aliphatic carbocycles. The molecule has 1 atom stereocenters. The Morgan fingerprint density at radius 3 is 2.65 bits per heavy atom. The van der Waals surface area contributed by atoms with Crippen molar-refractivity contribution in [1.82, 2.24) is 5.32 Å². The highest BCUT2D eigenvalue weighted by atomic mass is 16.5. The molecular weight excluding hydrogens is 258 g/mol. The zero-order chi connectivity index (χ0) is 15.2. The van der Waals surface area contributed by atoms with Crippen LogP contribution in [0.5, 0.6) is 11.5 Å². The number of likely N-dealkylation sites (N-methyl/N-ethyl adjacent to an activating group) is 1. The summed E-state index contributed by atoms with van der Waals surface area (Å²) in [5.74, 6) is 0.409. The van der Waals surface area contributed by atoms with Crippen LogP contribution in [0.15, 0.2) is 18.2 Å². The van der Waals surface area contributed by atoms with Crippen molar-refractivity contribution >= 4 is 5.97 Å². The Bertz CT molecular complexity index is 461. The summed E-state index contributed by atoms with van der Waals surface area (Å²) in [7, 11) is 1.58. The fourth-order valence-electron chi connectivity index (χ4n) is 1.92. The molecule has 1 aromatic carbocycles. The summed E-state index contributed by atoms with van der Waals surface area (Å²) in [4.78, 5) is 11.3. The number of carboxylic acids is 1. The van der Waals surface area contributed by atoms with Crippen molar-refractivity contribution in [1.29, 1.82) is 0 Å². The van der Waals surface area contributed by atoms with Crippen molar-refractivity contribution in [2.45, 2.75) is 32.7 Å². The van der Waals surface area contributed by atoms with Crippen molar-refractivity contribution in [3.05, 3.63) is 23.8 Å². The SMILES string of the molecule is CCNC(C)(CCOc1ccc(C)cc1OC)C(=O)O. The van der Waals surface area contributed by atoms with E-state index >= 15 is 0 Å². The minimum Gasteiger partial charge on any atom is -0.493 e. The van der Waals surface area contributed by atoms with Gasteiger partial charge in [-0.2, -0.15) is 0 Å². The van der Waals surface area contributed by atoms with Crippen LogP contribution in [0, 0.1) is 6.92 Å². The summed E-state index contributed by atoms with van der Waals surface area (Å²) < 4.78 is 10.9. The van der Waals surface area contributed by atoms with Gasteiger partial charge in [-0.25, -0.2) is 0 Å². The summed E-state index contributed by atoms with van der Waals surface area (Å²) in [6.45, 7) is 6.41. The molecule has 0 radical (unpaired) electrons. The minimum atomic E-state index is -0.979. The third kappa shape index (κ3) is 4.13. The monoisotopic (exact) mass is 281 g/mol. The van der Waals surface area contributed by atoms with E-state index in [1.54, 1.807) is 14.0 Å². The van der Waals surface area contributed by atoms with E-state index in [1.807, 2.05) is 32.0 Å². The van der Waals surface area contributed by atoms with Gasteiger partial charge in [0.25, 0.3) is 0 Å². The number of hydrogen-bond donors (Lipinski definition) is 2. The van der Waals surface area contributed by atoms with Crippen LogP contribution in [0.1, 0.15) is 25.8 Å². The molecule has 0 spiro atoms. The largest absolute Gasteiger partial charge is 0.493 e. The second-order valence-electron chi connectivity index (χ2n) is 4.92. The lowest BCUT2D eigenvalue weighted by Crippen LogP contribution is -2.50. The Hall–Kier alpha value is -1.75. The van der Waals surface area contributed by atoms with Crippen LogP contribution in [0.4, 0.5) is 0 Å². The van der Waals surface area contributed by atoms with Crippen molar-refractivity contribution in [3.63, 3.8) is 0 Å². The summed E-state index contributed by atoms with van der Waals surface area (Å²) in [6.07, 6.45) is 0.368. The fourth-order valence-corrected chi connectivity index (χ4v) is 1.92. The zero-order valence-corrected chi connectivity index (χ0v) is 12.5. The number of carbonyl (C=O) groups is 1. The normalized spacial score (nSPS) is 13.6. The van der Waals surface area contributed by atoms with E-state index in [0.29, 0.717) is 31.1 Å². The molecular formula is C15H23NO4. The topological polar surface area (TPSA) is 67.8 Å². The molecule has 1 rings (SSSR count). The van der Waals surface area contributed by atoms with E-state index in [9.17, 15) is 9.90 Å². The van der Waals surface area contributed by atoms with Gasteiger partial charge in [-0.3, -0.25) is 4.79 Å². The predicted octanol–water partition coefficient (Wildman–Crippen LogP) is 2.23. The fraction of sp³-hybridized carbons (Fsp3) is 0.533. The number of hydrogen-bond acceptors (Lipinski definition) is 4. The maximum Gasteiger partial charge on any atom is 0.323 e. The molecule has 0 saturated carbocycles. The van der Waals surface area contributed by atoms with Gasteiger partial charge in [0.05, 0.1) is 13.7 Å². The Balaban J connectivity index is 2.65. The first-order valence-electron chi connectivity index (χ1n) is 6.69. The quantitative estimate of drug-likeness (QED) is 0.765. The van der Waals surface area contributed by atoms with Crippen molar-refractivity contribution in [3.8, 4) is 11.5 Å². The van der Waals surface area contributed by atoms with Gasteiger partial charge in [-0.15, -0.1) is 0 Å². The highest BCUT2D eigenvalue weighted by molar-refractivity contribution is 5.78. The van der Waals surface area contributed by atoms with E-state index in [0.717, 1.165) is 5.56 Å². The first-order chi connectivity index (χ1) is 9.42. The Kier molecular flexibility index (Phi) is 5.82. The molecule has 0 heterocycles. The number of rotatable bonds is 8. The lowest BCUT2D eigenvalue weighted by atomic mass is 9.98. The second kappa shape index (κ2) is 7.14. The molecule has 1 aromatic rings. The van der Waals surface area contributed by atoms with Crippen LogP contribution >= 0.6 is 0 Å². The summed E-state index contributed by atoms with van der Waals surface area (Å²) in [5.41, 5.74) is 0.101. The zero-order valence-electron chi connectivity index (χ0n) is 12.5. The van der Waals surface area contributed by atoms with Gasteiger partial charge in [0.2, 0.25) is 0 Å². The van der Waals surface area contributed by atoms with Crippen LogP contribution in [0.3, 0.4) is 0 Å². The van der Waals surface area contributed by atoms with Gasteiger partial charge in [0.15, 0.2) is 11.5 Å². The van der Waals surface area contributed by atoms with E-state index in [4.69, 9.17) is 9.47 Å². The maximum atomic E-state index is 11.3. The molecule has 0 aromatic heterocycles. The molecule has 0 aliphatic heterocycles. The maximum absolute atomic E-state index is 11.3. The Labute approximate surface area is 119 Å². The molecule has 0 bridgehead atoms. The average molecular weight is 281 g/mol. The van der Waals surface area contributed by atoms with E-state index in [-0.39, 0.29) is 0 Å². The summed E-state index contributed by atoms with van der Waals surface area (Å²) >= 11 is 0. The van der Waals surface area contributed by atoms with Gasteiger partial charge < -0.3 is 19.9 Å². The van der Waals surface area contributed by atoms with Crippen LogP contribution in [-0.2, 0) is 4.79 Å². The third-order valence-corrected chi connectivity index (χ3v) is 3.22. The molecule has 0 saturated heterocycles. The van der Waals surface area contributed by atoms with E-state index in [1.165, 1.54) is 0 Å². The van der Waals surface area contributed by atoms with Gasteiger partial charge in [0, 0.05) is 6.42 Å². The van der Waals surface area contributed by atoms with Crippen LogP contribution in [-0.4, -0.2) is 36.9 Å². The molecule has 0 amide bonds. The molecule has 0 fully saturated rings. The van der Waals surface area contributed by atoms with E-state index in [2.05, 4.69) is 5.32 Å². The summed E-state index contributed by atoms with van der Waals surface area (Å²) in [6, 6.07) is 5.65. The number of aryl methyl sites for hydroxylation is 1. The van der Waals surface area contributed by atoms with Crippen LogP contribution in [0.25, 0.3) is 0 Å². The van der Waals surface area contributed by atoms with Crippen molar-refractivity contribution < 1.29 is 19.4 Å². The molecule has 112 valence electrons. The first-order valence-corrected chi connectivity index (χ1v) is 6.69. The molecule has 0 aliphatic rings. The first kappa shape index (κ1) is 16.3. The second-order valence-corrected chi connectivity index (χ2v) is 4.92. The van der Waals surface area contributed by atoms with Gasteiger partial charge in [-0.05, 0) is 38.1 Å². The molecule has 20 heavy (non-hydrogen) atoms. The van der Waals surface area contributed by atoms with Crippen LogP contribution < -0.4 is 14.8 Å². The summed E-state index contributed by atoms with van der Waals surface area (Å²) in [5, 5.41) is 12.2. The Morgan fingerprint density at radius 2 is 2.10 bits per heavy atom. The average Bonchev–Trinajstić information content (AvgIpc) is 2.40. The molecule has 5 nitrogen and oxygen atoms in total. The van der Waals surface area contributed by atoms with Gasteiger partial charge >= 0.3 is 5.97 Å². The number of aliphatic carboxylic acids is 1. The lowest BCUT2D eigenvalue weighted by Gasteiger charge is -2.25. The lowest BCUT2D eigenvalue weighted by molar-refractivity contribution is -0.144. The molecule has 5 heteroatoms. The highest BCUT2D eigenvalue weighted by Crippen LogP contribution is 2.28. The third-order valence-electron chi connectivity index (χ3n) is 3.22. The molecule has 1 unspecified atom stereocenters. The van der Waals surface area contributed by atoms with Gasteiger partial charge in [0.1, 0.15) is 5.54 Å². The van der Waals surface area contributed by atoms with Crippen LogP contribution in [0.2, 0.25) is 0 Å². The number of methoxy groups -OCH3 is 1. The van der Waals surface area contributed by atoms with Crippen molar-refractivity contribution in [2.75, 3.05) is 20.3 Å². The van der Waals surface area contributed by atoms with E-state index < -0.39 is 11.5 Å². The smallest absolute Gasteiger partial charge is 0.323 e. The standard InChI is InChI=1S/C15H23NO4/c1-5-16-15(3,14(17)18)8-9-20-12-7-6-11(2)10-13(12)19-4/h6-7,10,16H,5,8-9H2,1-4H3,(H,17,18). The van der Waals surface area contributed by atoms with Gasteiger partial charge in [-0.1, -0.05) is 13.0 Å². The molecule has 2 N–H and O–H groups in total. The number of ether oxygens (including phenoxy) is 2. The predicted molar refractivity (Wildman–Crippen MR) is 77.6 cm³/mol. The Morgan fingerprint density at radius 1 is 1.40 bits per heavy atom. The number of nitrogens with one attached hydrogen (secondary N) is 1. The highest BCUT2D eigenvalue weighted by Gasteiger charge is 2.31. The number of benzene rings is 1. The minimum absolute atomic E-state index is 0.301. The number of carboxylic acid groups (broad SMARTS) is 1.